The van der Waals surface area contributed by atoms with Gasteiger partial charge < -0.3 is 9.80 Å². The molecule has 5 nitrogen and oxygen atoms in total. The standard InChI is InChI=1S/C19H19BrN4O/c20-17-6-2-1-4-15(17)7-8-18(25)23-10-12-24(13-11-23)19-16(14-21)5-3-9-22-19/h1-6,9H,7-8,10-13H2. The van der Waals surface area contributed by atoms with Crippen LogP contribution in [0.15, 0.2) is 47.1 Å². The van der Waals surface area contributed by atoms with Gasteiger partial charge in [-0.3, -0.25) is 4.79 Å². The van der Waals surface area contributed by atoms with Gasteiger partial charge in [0.25, 0.3) is 0 Å². The predicted molar refractivity (Wildman–Crippen MR) is 100 cm³/mol. The van der Waals surface area contributed by atoms with E-state index >= 15 is 0 Å². The van der Waals surface area contributed by atoms with Crippen LogP contribution in [-0.4, -0.2) is 42.0 Å². The highest BCUT2D eigenvalue weighted by Crippen LogP contribution is 2.20. The Kier molecular flexibility index (Phi) is 5.67. The molecule has 2 aromatic rings. The number of hydrogen-bond acceptors (Lipinski definition) is 4. The summed E-state index contributed by atoms with van der Waals surface area (Å²) in [7, 11) is 0. The molecule has 6 heteroatoms. The zero-order valence-electron chi connectivity index (χ0n) is 13.9. The van der Waals surface area contributed by atoms with Crippen molar-refractivity contribution in [3.63, 3.8) is 0 Å². The fourth-order valence-corrected chi connectivity index (χ4v) is 3.49. The summed E-state index contributed by atoms with van der Waals surface area (Å²) < 4.78 is 1.05. The first-order chi connectivity index (χ1) is 12.2. The lowest BCUT2D eigenvalue weighted by Gasteiger charge is -2.35. The predicted octanol–water partition coefficient (Wildman–Crippen LogP) is 3.00. The third-order valence-electron chi connectivity index (χ3n) is 4.41. The van der Waals surface area contributed by atoms with Crippen LogP contribution in [0.2, 0.25) is 0 Å². The second kappa shape index (κ2) is 8.13. The molecule has 0 aliphatic carbocycles. The number of nitrogens with zero attached hydrogens (tertiary/aromatic N) is 4. The molecule has 1 fully saturated rings. The van der Waals surface area contributed by atoms with E-state index in [0.717, 1.165) is 16.5 Å². The van der Waals surface area contributed by atoms with Crippen molar-refractivity contribution in [2.45, 2.75) is 12.8 Å². The molecule has 1 saturated heterocycles. The van der Waals surface area contributed by atoms with E-state index in [9.17, 15) is 10.1 Å². The summed E-state index contributed by atoms with van der Waals surface area (Å²) in [5, 5.41) is 9.20. The third-order valence-corrected chi connectivity index (χ3v) is 5.18. The first-order valence-corrected chi connectivity index (χ1v) is 9.09. The van der Waals surface area contributed by atoms with Crippen LogP contribution >= 0.6 is 15.9 Å². The normalized spacial score (nSPS) is 14.2. The quantitative estimate of drug-likeness (QED) is 0.793. The molecule has 1 aromatic carbocycles. The zero-order chi connectivity index (χ0) is 17.6. The number of benzene rings is 1. The maximum atomic E-state index is 12.5. The Bertz CT molecular complexity index is 794. The SMILES string of the molecule is N#Cc1cccnc1N1CCN(C(=O)CCc2ccccc2Br)CC1. The van der Waals surface area contributed by atoms with Gasteiger partial charge >= 0.3 is 0 Å². The molecule has 128 valence electrons. The molecular weight excluding hydrogens is 380 g/mol. The van der Waals surface area contributed by atoms with Crippen molar-refractivity contribution in [1.82, 2.24) is 9.88 Å². The van der Waals surface area contributed by atoms with E-state index in [1.807, 2.05) is 29.2 Å². The lowest BCUT2D eigenvalue weighted by Crippen LogP contribution is -2.49. The third kappa shape index (κ3) is 4.18. The molecule has 1 aliphatic heterocycles. The van der Waals surface area contributed by atoms with Crippen molar-refractivity contribution in [3.05, 3.63) is 58.2 Å². The summed E-state index contributed by atoms with van der Waals surface area (Å²) >= 11 is 3.52. The van der Waals surface area contributed by atoms with Crippen LogP contribution in [0.3, 0.4) is 0 Å². The Morgan fingerprint density at radius 3 is 2.64 bits per heavy atom. The number of aryl methyl sites for hydroxylation is 1. The first-order valence-electron chi connectivity index (χ1n) is 8.30. The number of aromatic nitrogens is 1. The van der Waals surface area contributed by atoms with Gasteiger partial charge in [0.2, 0.25) is 5.91 Å². The minimum atomic E-state index is 0.178. The highest BCUT2D eigenvalue weighted by molar-refractivity contribution is 9.10. The van der Waals surface area contributed by atoms with Gasteiger partial charge in [0.05, 0.1) is 5.56 Å². The molecule has 0 N–H and O–H groups in total. The Morgan fingerprint density at radius 2 is 1.92 bits per heavy atom. The fraction of sp³-hybridized carbons (Fsp3) is 0.316. The van der Waals surface area contributed by atoms with E-state index in [1.54, 1.807) is 18.3 Å². The van der Waals surface area contributed by atoms with E-state index in [4.69, 9.17) is 0 Å². The minimum absolute atomic E-state index is 0.178. The Morgan fingerprint density at radius 1 is 1.16 bits per heavy atom. The molecule has 2 heterocycles. The number of amides is 1. The number of hydrogen-bond donors (Lipinski definition) is 0. The van der Waals surface area contributed by atoms with Gasteiger partial charge in [0.1, 0.15) is 11.9 Å². The van der Waals surface area contributed by atoms with Gasteiger partial charge in [-0.2, -0.15) is 5.26 Å². The van der Waals surface area contributed by atoms with E-state index in [0.29, 0.717) is 44.0 Å². The van der Waals surface area contributed by atoms with E-state index in [1.165, 1.54) is 0 Å². The second-order valence-electron chi connectivity index (χ2n) is 5.95. The van der Waals surface area contributed by atoms with E-state index in [2.05, 4.69) is 31.9 Å². The summed E-state index contributed by atoms with van der Waals surface area (Å²) in [6.07, 6.45) is 2.94. The lowest BCUT2D eigenvalue weighted by atomic mass is 10.1. The minimum Gasteiger partial charge on any atom is -0.352 e. The number of pyridine rings is 1. The van der Waals surface area contributed by atoms with Gasteiger partial charge in [0, 0.05) is 43.3 Å². The maximum Gasteiger partial charge on any atom is 0.223 e. The number of carbonyl (C=O) groups is 1. The van der Waals surface area contributed by atoms with Gasteiger partial charge in [0.15, 0.2) is 0 Å². The fourth-order valence-electron chi connectivity index (χ4n) is 3.00. The summed E-state index contributed by atoms with van der Waals surface area (Å²) in [6.45, 7) is 2.73. The van der Waals surface area contributed by atoms with E-state index < -0.39 is 0 Å². The number of rotatable bonds is 4. The number of anilines is 1. The van der Waals surface area contributed by atoms with Crippen LogP contribution in [-0.2, 0) is 11.2 Å². The molecule has 3 rings (SSSR count). The van der Waals surface area contributed by atoms with Gasteiger partial charge in [-0.05, 0) is 30.2 Å². The number of nitriles is 1. The van der Waals surface area contributed by atoms with Crippen LogP contribution < -0.4 is 4.90 Å². The van der Waals surface area contributed by atoms with Crippen molar-refractivity contribution >= 4 is 27.7 Å². The molecule has 0 radical (unpaired) electrons. The topological polar surface area (TPSA) is 60.2 Å². The number of piperazine rings is 1. The van der Waals surface area contributed by atoms with Gasteiger partial charge in [-0.1, -0.05) is 34.1 Å². The average molecular weight is 399 g/mol. The van der Waals surface area contributed by atoms with Crippen LogP contribution in [0.1, 0.15) is 17.5 Å². The largest absolute Gasteiger partial charge is 0.352 e. The van der Waals surface area contributed by atoms with Crippen molar-refractivity contribution in [3.8, 4) is 6.07 Å². The molecule has 0 saturated carbocycles. The average Bonchev–Trinajstić information content (AvgIpc) is 2.67. The zero-order valence-corrected chi connectivity index (χ0v) is 15.4. The van der Waals surface area contributed by atoms with Crippen molar-refractivity contribution < 1.29 is 4.79 Å². The van der Waals surface area contributed by atoms with Crippen LogP contribution in [0.4, 0.5) is 5.82 Å². The van der Waals surface area contributed by atoms with Gasteiger partial charge in [-0.25, -0.2) is 4.98 Å². The summed E-state index contributed by atoms with van der Waals surface area (Å²) in [5.41, 5.74) is 1.73. The number of halogens is 1. The Labute approximate surface area is 156 Å². The van der Waals surface area contributed by atoms with Crippen LogP contribution in [0.5, 0.6) is 0 Å². The van der Waals surface area contributed by atoms with Crippen LogP contribution in [0, 0.1) is 11.3 Å². The number of carbonyl (C=O) groups excluding carboxylic acids is 1. The molecule has 1 amide bonds. The first kappa shape index (κ1) is 17.4. The highest BCUT2D eigenvalue weighted by Gasteiger charge is 2.23. The van der Waals surface area contributed by atoms with Crippen molar-refractivity contribution in [2.75, 3.05) is 31.1 Å². The molecule has 0 unspecified atom stereocenters. The molecule has 0 bridgehead atoms. The second-order valence-corrected chi connectivity index (χ2v) is 6.80. The maximum absolute atomic E-state index is 12.5. The molecule has 1 aromatic heterocycles. The monoisotopic (exact) mass is 398 g/mol. The lowest BCUT2D eigenvalue weighted by molar-refractivity contribution is -0.131. The summed E-state index contributed by atoms with van der Waals surface area (Å²) in [6, 6.07) is 13.7. The smallest absolute Gasteiger partial charge is 0.223 e. The highest BCUT2D eigenvalue weighted by atomic mass is 79.9. The van der Waals surface area contributed by atoms with Crippen molar-refractivity contribution in [1.29, 1.82) is 5.26 Å². The molecule has 1 aliphatic rings. The molecular formula is C19H19BrN4O. The Balaban J connectivity index is 1.54. The van der Waals surface area contributed by atoms with Gasteiger partial charge in [-0.15, -0.1) is 0 Å². The summed E-state index contributed by atoms with van der Waals surface area (Å²) in [5.74, 6) is 0.891. The van der Waals surface area contributed by atoms with E-state index in [-0.39, 0.29) is 5.91 Å². The molecule has 0 atom stereocenters. The van der Waals surface area contributed by atoms with Crippen LogP contribution in [0.25, 0.3) is 0 Å². The Hall–Kier alpha value is -2.39. The van der Waals surface area contributed by atoms with Crippen molar-refractivity contribution in [2.24, 2.45) is 0 Å². The summed E-state index contributed by atoms with van der Waals surface area (Å²) in [4.78, 5) is 20.8. The molecule has 25 heavy (non-hydrogen) atoms. The molecule has 0 spiro atoms.